The second kappa shape index (κ2) is 6.16. The van der Waals surface area contributed by atoms with Crippen LogP contribution in [0.3, 0.4) is 0 Å². The standard InChI is InChI=1S/C15H13Cl2NO2/c1-18(2)8-7-13(19)15-6-5-14(20-15)11-4-3-10(16)9-12(11)17/h3-9H,1-2H3. The van der Waals surface area contributed by atoms with E-state index < -0.39 is 0 Å². The van der Waals surface area contributed by atoms with Crippen LogP contribution in [0.1, 0.15) is 10.6 Å². The van der Waals surface area contributed by atoms with Crippen molar-refractivity contribution in [3.8, 4) is 11.3 Å². The number of furan rings is 1. The lowest BCUT2D eigenvalue weighted by Crippen LogP contribution is -2.02. The summed E-state index contributed by atoms with van der Waals surface area (Å²) in [7, 11) is 3.68. The summed E-state index contributed by atoms with van der Waals surface area (Å²) in [5, 5.41) is 1.03. The molecule has 0 aliphatic carbocycles. The lowest BCUT2D eigenvalue weighted by molar-refractivity contribution is 0.102. The van der Waals surface area contributed by atoms with Gasteiger partial charge in [0.25, 0.3) is 0 Å². The van der Waals surface area contributed by atoms with Gasteiger partial charge in [0.2, 0.25) is 5.78 Å². The van der Waals surface area contributed by atoms with Gasteiger partial charge in [-0.1, -0.05) is 23.2 Å². The zero-order valence-corrected chi connectivity index (χ0v) is 12.6. The fraction of sp³-hybridized carbons (Fsp3) is 0.133. The first-order chi connectivity index (χ1) is 9.47. The number of rotatable bonds is 4. The summed E-state index contributed by atoms with van der Waals surface area (Å²) in [5.41, 5.74) is 0.701. The van der Waals surface area contributed by atoms with Crippen molar-refractivity contribution in [3.63, 3.8) is 0 Å². The zero-order valence-electron chi connectivity index (χ0n) is 11.1. The highest BCUT2D eigenvalue weighted by Gasteiger charge is 2.12. The quantitative estimate of drug-likeness (QED) is 0.615. The van der Waals surface area contributed by atoms with E-state index in [0.29, 0.717) is 21.4 Å². The summed E-state index contributed by atoms with van der Waals surface area (Å²) in [5.74, 6) is 0.604. The number of carbonyl (C=O) groups is 1. The summed E-state index contributed by atoms with van der Waals surface area (Å²) in [4.78, 5) is 13.6. The second-order valence-electron chi connectivity index (χ2n) is 4.43. The molecule has 1 aromatic carbocycles. The van der Waals surface area contributed by atoms with E-state index in [1.807, 2.05) is 14.1 Å². The minimum Gasteiger partial charge on any atom is -0.453 e. The van der Waals surface area contributed by atoms with Crippen LogP contribution in [0.4, 0.5) is 0 Å². The van der Waals surface area contributed by atoms with Gasteiger partial charge in [0, 0.05) is 37.0 Å². The number of ketones is 1. The molecule has 0 spiro atoms. The monoisotopic (exact) mass is 309 g/mol. The molecular weight excluding hydrogens is 297 g/mol. The van der Waals surface area contributed by atoms with Crippen molar-refractivity contribution in [1.29, 1.82) is 0 Å². The molecule has 3 nitrogen and oxygen atoms in total. The maximum Gasteiger partial charge on any atom is 0.222 e. The van der Waals surface area contributed by atoms with E-state index in [4.69, 9.17) is 27.6 Å². The molecule has 0 N–H and O–H groups in total. The van der Waals surface area contributed by atoms with Crippen LogP contribution >= 0.6 is 23.2 Å². The molecule has 5 heteroatoms. The Kier molecular flexibility index (Phi) is 4.53. The van der Waals surface area contributed by atoms with Crippen molar-refractivity contribution in [2.75, 3.05) is 14.1 Å². The van der Waals surface area contributed by atoms with E-state index in [1.165, 1.54) is 6.08 Å². The first kappa shape index (κ1) is 14.7. The number of halogens is 2. The molecule has 0 aliphatic heterocycles. The number of benzene rings is 1. The molecule has 0 saturated heterocycles. The summed E-state index contributed by atoms with van der Waals surface area (Å²) in [6, 6.07) is 8.45. The van der Waals surface area contributed by atoms with Gasteiger partial charge in [-0.3, -0.25) is 4.79 Å². The van der Waals surface area contributed by atoms with Crippen molar-refractivity contribution >= 4 is 29.0 Å². The fourth-order valence-corrected chi connectivity index (χ4v) is 2.10. The van der Waals surface area contributed by atoms with Gasteiger partial charge in [0.15, 0.2) is 5.76 Å². The van der Waals surface area contributed by atoms with Crippen LogP contribution in [0, 0.1) is 0 Å². The van der Waals surface area contributed by atoms with E-state index in [1.54, 1.807) is 41.4 Å². The minimum absolute atomic E-state index is 0.199. The summed E-state index contributed by atoms with van der Waals surface area (Å²) < 4.78 is 5.54. The van der Waals surface area contributed by atoms with Crippen LogP contribution in [-0.4, -0.2) is 24.8 Å². The summed E-state index contributed by atoms with van der Waals surface area (Å²) >= 11 is 12.0. The second-order valence-corrected chi connectivity index (χ2v) is 5.28. The normalized spacial score (nSPS) is 11.0. The van der Waals surface area contributed by atoms with Crippen LogP contribution in [0.15, 0.2) is 47.0 Å². The Bertz CT molecular complexity index is 660. The maximum atomic E-state index is 11.9. The molecule has 0 aliphatic rings. The average molecular weight is 310 g/mol. The first-order valence-electron chi connectivity index (χ1n) is 5.91. The Morgan fingerprint density at radius 1 is 1.20 bits per heavy atom. The largest absolute Gasteiger partial charge is 0.453 e. The summed E-state index contributed by atoms with van der Waals surface area (Å²) in [6.07, 6.45) is 3.12. The molecule has 2 rings (SSSR count). The molecule has 0 fully saturated rings. The number of allylic oxidation sites excluding steroid dienone is 1. The molecule has 1 aromatic heterocycles. The van der Waals surface area contributed by atoms with E-state index >= 15 is 0 Å². The highest BCUT2D eigenvalue weighted by Crippen LogP contribution is 2.31. The Morgan fingerprint density at radius 3 is 2.60 bits per heavy atom. The smallest absolute Gasteiger partial charge is 0.222 e. The van der Waals surface area contributed by atoms with Gasteiger partial charge in [-0.05, 0) is 30.3 Å². The Morgan fingerprint density at radius 2 is 1.95 bits per heavy atom. The van der Waals surface area contributed by atoms with Gasteiger partial charge in [0.1, 0.15) is 5.76 Å². The third kappa shape index (κ3) is 3.44. The molecule has 1 heterocycles. The number of hydrogen-bond acceptors (Lipinski definition) is 3. The predicted octanol–water partition coefficient (Wildman–Crippen LogP) is 4.51. The first-order valence-corrected chi connectivity index (χ1v) is 6.67. The molecule has 0 amide bonds. The highest BCUT2D eigenvalue weighted by molar-refractivity contribution is 6.36. The molecule has 0 unspecified atom stereocenters. The van der Waals surface area contributed by atoms with E-state index in [2.05, 4.69) is 0 Å². The molecule has 20 heavy (non-hydrogen) atoms. The average Bonchev–Trinajstić information content (AvgIpc) is 2.85. The third-order valence-corrected chi connectivity index (χ3v) is 3.12. The van der Waals surface area contributed by atoms with Crippen molar-refractivity contribution in [2.45, 2.75) is 0 Å². The molecule has 0 radical (unpaired) electrons. The van der Waals surface area contributed by atoms with Crippen molar-refractivity contribution in [3.05, 3.63) is 58.4 Å². The van der Waals surface area contributed by atoms with Crippen molar-refractivity contribution in [1.82, 2.24) is 4.90 Å². The number of nitrogens with zero attached hydrogens (tertiary/aromatic N) is 1. The molecule has 0 saturated carbocycles. The van der Waals surface area contributed by atoms with Gasteiger partial charge >= 0.3 is 0 Å². The van der Waals surface area contributed by atoms with Crippen LogP contribution in [0.25, 0.3) is 11.3 Å². The van der Waals surface area contributed by atoms with Gasteiger partial charge in [-0.15, -0.1) is 0 Å². The zero-order chi connectivity index (χ0) is 14.7. The van der Waals surface area contributed by atoms with Gasteiger partial charge in [-0.2, -0.15) is 0 Å². The lowest BCUT2D eigenvalue weighted by Gasteiger charge is -2.02. The van der Waals surface area contributed by atoms with Gasteiger partial charge in [-0.25, -0.2) is 0 Å². The van der Waals surface area contributed by atoms with Gasteiger partial charge in [0.05, 0.1) is 5.02 Å². The molecule has 0 atom stereocenters. The topological polar surface area (TPSA) is 33.5 Å². The fourth-order valence-electron chi connectivity index (χ4n) is 1.60. The predicted molar refractivity (Wildman–Crippen MR) is 81.3 cm³/mol. The van der Waals surface area contributed by atoms with Crippen LogP contribution in [-0.2, 0) is 0 Å². The summed E-state index contributed by atoms with van der Waals surface area (Å²) in [6.45, 7) is 0. The van der Waals surface area contributed by atoms with E-state index in [-0.39, 0.29) is 11.5 Å². The van der Waals surface area contributed by atoms with Crippen LogP contribution < -0.4 is 0 Å². The Hall–Kier alpha value is -1.71. The van der Waals surface area contributed by atoms with Crippen molar-refractivity contribution in [2.24, 2.45) is 0 Å². The molecular formula is C15H13Cl2NO2. The highest BCUT2D eigenvalue weighted by atomic mass is 35.5. The number of hydrogen-bond donors (Lipinski definition) is 0. The Balaban J connectivity index is 2.27. The third-order valence-electron chi connectivity index (χ3n) is 2.57. The Labute approximate surface area is 127 Å². The van der Waals surface area contributed by atoms with E-state index in [9.17, 15) is 4.79 Å². The minimum atomic E-state index is -0.199. The lowest BCUT2D eigenvalue weighted by atomic mass is 10.2. The van der Waals surface area contributed by atoms with Crippen LogP contribution in [0.5, 0.6) is 0 Å². The van der Waals surface area contributed by atoms with Crippen LogP contribution in [0.2, 0.25) is 10.0 Å². The molecule has 0 bridgehead atoms. The molecule has 2 aromatic rings. The SMILES string of the molecule is CN(C)C=CC(=O)c1ccc(-c2ccc(Cl)cc2Cl)o1. The van der Waals surface area contributed by atoms with Gasteiger partial charge < -0.3 is 9.32 Å². The molecule has 104 valence electrons. The van der Waals surface area contributed by atoms with E-state index in [0.717, 1.165) is 0 Å². The number of carbonyl (C=O) groups excluding carboxylic acids is 1. The maximum absolute atomic E-state index is 11.9. The van der Waals surface area contributed by atoms with Crippen molar-refractivity contribution < 1.29 is 9.21 Å².